The standard InChI is InChI=1S/C20H27N5OS/c1-6-24(7-2)11-12-25(19(26)18-15(4)13-23(5)22-18)20-21-17-14(3)9-8-10-16(17)27-20/h8-10,13H,6-7,11-12H2,1-5H3. The number of carbonyl (C=O) groups excluding carboxylic acids is 1. The summed E-state index contributed by atoms with van der Waals surface area (Å²) in [6.45, 7) is 11.6. The molecule has 2 aromatic heterocycles. The van der Waals surface area contributed by atoms with Crippen LogP contribution in [0.1, 0.15) is 35.5 Å². The van der Waals surface area contributed by atoms with Crippen molar-refractivity contribution in [3.63, 3.8) is 0 Å². The van der Waals surface area contributed by atoms with Crippen LogP contribution in [0, 0.1) is 13.8 Å². The molecule has 0 spiro atoms. The molecule has 3 aromatic rings. The molecule has 0 unspecified atom stereocenters. The van der Waals surface area contributed by atoms with Crippen LogP contribution in [0.5, 0.6) is 0 Å². The molecule has 0 atom stereocenters. The van der Waals surface area contributed by atoms with Gasteiger partial charge in [0.15, 0.2) is 10.8 Å². The van der Waals surface area contributed by atoms with Crippen LogP contribution >= 0.6 is 11.3 Å². The number of para-hydroxylation sites is 1. The van der Waals surface area contributed by atoms with E-state index in [-0.39, 0.29) is 5.91 Å². The number of hydrogen-bond donors (Lipinski definition) is 0. The van der Waals surface area contributed by atoms with Crippen molar-refractivity contribution in [2.24, 2.45) is 7.05 Å². The summed E-state index contributed by atoms with van der Waals surface area (Å²) in [5.74, 6) is -0.0861. The van der Waals surface area contributed by atoms with Crippen molar-refractivity contribution in [3.8, 4) is 0 Å². The van der Waals surface area contributed by atoms with Crippen LogP contribution in [0.3, 0.4) is 0 Å². The number of amides is 1. The minimum atomic E-state index is -0.0861. The van der Waals surface area contributed by atoms with Gasteiger partial charge >= 0.3 is 0 Å². The molecule has 144 valence electrons. The molecule has 0 saturated heterocycles. The summed E-state index contributed by atoms with van der Waals surface area (Å²) in [7, 11) is 1.84. The zero-order valence-electron chi connectivity index (χ0n) is 16.7. The highest BCUT2D eigenvalue weighted by molar-refractivity contribution is 7.22. The summed E-state index contributed by atoms with van der Waals surface area (Å²) in [6, 6.07) is 6.14. The van der Waals surface area contributed by atoms with Crippen molar-refractivity contribution >= 4 is 32.6 Å². The van der Waals surface area contributed by atoms with E-state index in [0.29, 0.717) is 12.2 Å². The number of rotatable bonds is 7. The Morgan fingerprint density at radius 3 is 2.48 bits per heavy atom. The zero-order chi connectivity index (χ0) is 19.6. The maximum Gasteiger partial charge on any atom is 0.280 e. The SMILES string of the molecule is CCN(CC)CCN(C(=O)c1nn(C)cc1C)c1nc2c(C)cccc2s1. The molecule has 0 radical (unpaired) electrons. The molecule has 3 rings (SSSR count). The average Bonchev–Trinajstić information content (AvgIpc) is 3.22. The Balaban J connectivity index is 1.99. The van der Waals surface area contributed by atoms with Gasteiger partial charge in [0.25, 0.3) is 5.91 Å². The molecule has 0 aliphatic rings. The Morgan fingerprint density at radius 1 is 1.15 bits per heavy atom. The number of benzene rings is 1. The van der Waals surface area contributed by atoms with Crippen LogP contribution in [0.2, 0.25) is 0 Å². The highest BCUT2D eigenvalue weighted by Gasteiger charge is 2.25. The summed E-state index contributed by atoms with van der Waals surface area (Å²) in [5.41, 5.74) is 3.47. The van der Waals surface area contributed by atoms with Gasteiger partial charge in [-0.3, -0.25) is 14.4 Å². The minimum absolute atomic E-state index is 0.0861. The molecule has 0 aliphatic heterocycles. The fourth-order valence-corrected chi connectivity index (χ4v) is 4.27. The topological polar surface area (TPSA) is 54.3 Å². The lowest BCUT2D eigenvalue weighted by Crippen LogP contribution is -2.39. The van der Waals surface area contributed by atoms with E-state index < -0.39 is 0 Å². The third-order valence-electron chi connectivity index (χ3n) is 4.83. The maximum atomic E-state index is 13.3. The molecular formula is C20H27N5OS. The second-order valence-corrected chi connectivity index (χ2v) is 7.75. The van der Waals surface area contributed by atoms with Crippen molar-refractivity contribution in [3.05, 3.63) is 41.2 Å². The first kappa shape index (κ1) is 19.5. The van der Waals surface area contributed by atoms with Crippen LogP contribution in [-0.2, 0) is 7.05 Å². The van der Waals surface area contributed by atoms with Gasteiger partial charge < -0.3 is 4.90 Å². The lowest BCUT2D eigenvalue weighted by Gasteiger charge is -2.24. The van der Waals surface area contributed by atoms with Gasteiger partial charge in [0.2, 0.25) is 0 Å². The average molecular weight is 386 g/mol. The lowest BCUT2D eigenvalue weighted by atomic mass is 10.2. The monoisotopic (exact) mass is 385 g/mol. The Morgan fingerprint density at radius 2 is 1.89 bits per heavy atom. The molecule has 7 heteroatoms. The summed E-state index contributed by atoms with van der Waals surface area (Å²) in [4.78, 5) is 22.2. The molecule has 1 aromatic carbocycles. The molecule has 0 bridgehead atoms. The van der Waals surface area contributed by atoms with Crippen LogP contribution in [-0.4, -0.2) is 51.8 Å². The number of hydrogen-bond acceptors (Lipinski definition) is 5. The highest BCUT2D eigenvalue weighted by Crippen LogP contribution is 2.31. The Bertz CT molecular complexity index is 941. The first-order chi connectivity index (χ1) is 12.9. The molecule has 1 amide bonds. The summed E-state index contributed by atoms with van der Waals surface area (Å²) in [5, 5.41) is 5.12. The van der Waals surface area contributed by atoms with E-state index >= 15 is 0 Å². The quantitative estimate of drug-likeness (QED) is 0.623. The second kappa shape index (κ2) is 8.19. The van der Waals surface area contributed by atoms with E-state index in [1.807, 2.05) is 26.2 Å². The number of fused-ring (bicyclic) bond motifs is 1. The van der Waals surface area contributed by atoms with Gasteiger partial charge in [-0.2, -0.15) is 5.10 Å². The van der Waals surface area contributed by atoms with Crippen LogP contribution in [0.4, 0.5) is 5.13 Å². The van der Waals surface area contributed by atoms with Gasteiger partial charge in [0.05, 0.1) is 10.2 Å². The predicted molar refractivity (Wildman–Crippen MR) is 112 cm³/mol. The normalized spacial score (nSPS) is 11.5. The molecule has 0 saturated carbocycles. The number of carbonyl (C=O) groups is 1. The molecule has 0 fully saturated rings. The number of nitrogens with zero attached hydrogens (tertiary/aromatic N) is 5. The van der Waals surface area contributed by atoms with Crippen molar-refractivity contribution < 1.29 is 4.79 Å². The molecule has 2 heterocycles. The second-order valence-electron chi connectivity index (χ2n) is 6.74. The first-order valence-electron chi connectivity index (χ1n) is 9.35. The van der Waals surface area contributed by atoms with Gasteiger partial charge in [-0.15, -0.1) is 0 Å². The van der Waals surface area contributed by atoms with Crippen LogP contribution in [0.15, 0.2) is 24.4 Å². The number of likely N-dealkylation sites (N-methyl/N-ethyl adjacent to an activating group) is 1. The van der Waals surface area contributed by atoms with Gasteiger partial charge in [-0.05, 0) is 38.6 Å². The van der Waals surface area contributed by atoms with E-state index in [1.165, 1.54) is 0 Å². The van der Waals surface area contributed by atoms with Gasteiger partial charge in [0.1, 0.15) is 0 Å². The molecule has 6 nitrogen and oxygen atoms in total. The maximum absolute atomic E-state index is 13.3. The van der Waals surface area contributed by atoms with Crippen molar-refractivity contribution in [2.45, 2.75) is 27.7 Å². The Hall–Kier alpha value is -2.25. The number of thiazole rings is 1. The lowest BCUT2D eigenvalue weighted by molar-refractivity contribution is 0.0977. The van der Waals surface area contributed by atoms with E-state index in [9.17, 15) is 4.79 Å². The van der Waals surface area contributed by atoms with Crippen LogP contribution < -0.4 is 4.90 Å². The third-order valence-corrected chi connectivity index (χ3v) is 5.88. The van der Waals surface area contributed by atoms with E-state index in [0.717, 1.165) is 46.1 Å². The minimum Gasteiger partial charge on any atom is -0.302 e. The predicted octanol–water partition coefficient (Wildman–Crippen LogP) is 3.64. The number of aromatic nitrogens is 3. The molecule has 0 aliphatic carbocycles. The summed E-state index contributed by atoms with van der Waals surface area (Å²) < 4.78 is 2.79. The number of anilines is 1. The smallest absolute Gasteiger partial charge is 0.280 e. The largest absolute Gasteiger partial charge is 0.302 e. The number of aryl methyl sites for hydroxylation is 3. The van der Waals surface area contributed by atoms with Crippen molar-refractivity contribution in [1.29, 1.82) is 0 Å². The first-order valence-corrected chi connectivity index (χ1v) is 10.2. The highest BCUT2D eigenvalue weighted by atomic mass is 32.1. The van der Waals surface area contributed by atoms with Gasteiger partial charge in [0, 0.05) is 31.9 Å². The Labute approximate surface area is 164 Å². The third kappa shape index (κ3) is 4.04. The molecule has 27 heavy (non-hydrogen) atoms. The Kier molecular flexibility index (Phi) is 5.92. The van der Waals surface area contributed by atoms with Gasteiger partial charge in [-0.1, -0.05) is 37.3 Å². The molecular weight excluding hydrogens is 358 g/mol. The fourth-order valence-electron chi connectivity index (χ4n) is 3.20. The van der Waals surface area contributed by atoms with Crippen LogP contribution in [0.25, 0.3) is 10.2 Å². The van der Waals surface area contributed by atoms with E-state index in [4.69, 9.17) is 4.98 Å². The molecule has 0 N–H and O–H groups in total. The summed E-state index contributed by atoms with van der Waals surface area (Å²) in [6.07, 6.45) is 1.87. The van der Waals surface area contributed by atoms with E-state index in [2.05, 4.69) is 42.9 Å². The van der Waals surface area contributed by atoms with E-state index in [1.54, 1.807) is 20.9 Å². The zero-order valence-corrected chi connectivity index (χ0v) is 17.5. The van der Waals surface area contributed by atoms with Gasteiger partial charge in [-0.25, -0.2) is 4.98 Å². The van der Waals surface area contributed by atoms with Crippen molar-refractivity contribution in [2.75, 3.05) is 31.1 Å². The summed E-state index contributed by atoms with van der Waals surface area (Å²) >= 11 is 1.56. The fraction of sp³-hybridized carbons (Fsp3) is 0.450. The van der Waals surface area contributed by atoms with Crippen molar-refractivity contribution in [1.82, 2.24) is 19.7 Å².